The Bertz CT molecular complexity index is 770. The van der Waals surface area contributed by atoms with Crippen LogP contribution in [0.25, 0.3) is 0 Å². The van der Waals surface area contributed by atoms with Crippen molar-refractivity contribution in [1.29, 1.82) is 0 Å². The first-order valence-corrected chi connectivity index (χ1v) is 8.61. The topological polar surface area (TPSA) is 74.7 Å². The van der Waals surface area contributed by atoms with Gasteiger partial charge in [-0.2, -0.15) is 4.31 Å². The molecule has 0 heterocycles. The maximum atomic E-state index is 12.9. The Hall–Kier alpha value is -2.18. The Kier molecular flexibility index (Phi) is 5.18. The highest BCUT2D eigenvalue weighted by Gasteiger charge is 2.32. The van der Waals surface area contributed by atoms with Crippen molar-refractivity contribution in [3.8, 4) is 0 Å². The Labute approximate surface area is 136 Å². The van der Waals surface area contributed by atoms with E-state index in [1.807, 2.05) is 13.0 Å². The SMILES string of the molecule is Cc1ccc(S(=O)(=O)N(Cc2ccccc2)C(C)C(=O)O)cc1. The van der Waals surface area contributed by atoms with E-state index in [0.29, 0.717) is 0 Å². The maximum absolute atomic E-state index is 12.9. The quantitative estimate of drug-likeness (QED) is 0.882. The van der Waals surface area contributed by atoms with Crippen molar-refractivity contribution in [1.82, 2.24) is 4.31 Å². The number of carbonyl (C=O) groups is 1. The summed E-state index contributed by atoms with van der Waals surface area (Å²) in [6.07, 6.45) is 0. The summed E-state index contributed by atoms with van der Waals surface area (Å²) in [5, 5.41) is 9.28. The number of carboxylic acids is 1. The van der Waals surface area contributed by atoms with Crippen LogP contribution in [0.2, 0.25) is 0 Å². The molecule has 0 radical (unpaired) electrons. The fourth-order valence-corrected chi connectivity index (χ4v) is 3.74. The summed E-state index contributed by atoms with van der Waals surface area (Å²) in [4.78, 5) is 11.4. The molecule has 0 fully saturated rings. The second-order valence-electron chi connectivity index (χ2n) is 5.36. The van der Waals surface area contributed by atoms with Crippen molar-refractivity contribution in [3.63, 3.8) is 0 Å². The number of hydrogen-bond acceptors (Lipinski definition) is 3. The average Bonchev–Trinajstić information content (AvgIpc) is 2.53. The Morgan fingerprint density at radius 3 is 2.17 bits per heavy atom. The second kappa shape index (κ2) is 6.93. The van der Waals surface area contributed by atoms with Gasteiger partial charge in [0.2, 0.25) is 10.0 Å². The van der Waals surface area contributed by atoms with Gasteiger partial charge in [0.25, 0.3) is 0 Å². The lowest BCUT2D eigenvalue weighted by Crippen LogP contribution is -2.42. The molecule has 0 aliphatic rings. The minimum atomic E-state index is -3.91. The van der Waals surface area contributed by atoms with Gasteiger partial charge in [-0.25, -0.2) is 8.42 Å². The fourth-order valence-electron chi connectivity index (χ4n) is 2.16. The highest BCUT2D eigenvalue weighted by Crippen LogP contribution is 2.21. The first kappa shape index (κ1) is 17.2. The molecule has 1 atom stereocenters. The van der Waals surface area contributed by atoms with Gasteiger partial charge in [-0.15, -0.1) is 0 Å². The van der Waals surface area contributed by atoms with Crippen molar-refractivity contribution in [2.24, 2.45) is 0 Å². The molecule has 0 spiro atoms. The van der Waals surface area contributed by atoms with Crippen LogP contribution in [-0.2, 0) is 21.4 Å². The second-order valence-corrected chi connectivity index (χ2v) is 7.25. The first-order valence-electron chi connectivity index (χ1n) is 7.17. The van der Waals surface area contributed by atoms with Gasteiger partial charge in [-0.1, -0.05) is 48.0 Å². The van der Waals surface area contributed by atoms with Crippen LogP contribution in [0.15, 0.2) is 59.5 Å². The average molecular weight is 333 g/mol. The predicted molar refractivity (Wildman–Crippen MR) is 87.4 cm³/mol. The van der Waals surface area contributed by atoms with Crippen LogP contribution in [-0.4, -0.2) is 29.8 Å². The molecule has 5 nitrogen and oxygen atoms in total. The lowest BCUT2D eigenvalue weighted by atomic mass is 10.2. The van der Waals surface area contributed by atoms with E-state index in [0.717, 1.165) is 15.4 Å². The molecule has 0 saturated carbocycles. The van der Waals surface area contributed by atoms with Gasteiger partial charge in [0.05, 0.1) is 4.90 Å². The molecule has 122 valence electrons. The summed E-state index contributed by atoms with van der Waals surface area (Å²) in [6, 6.07) is 14.2. The summed E-state index contributed by atoms with van der Waals surface area (Å²) in [5.74, 6) is -1.18. The first-order chi connectivity index (χ1) is 10.8. The summed E-state index contributed by atoms with van der Waals surface area (Å²) < 4.78 is 26.7. The zero-order valence-corrected chi connectivity index (χ0v) is 13.8. The third kappa shape index (κ3) is 3.97. The Balaban J connectivity index is 2.43. The summed E-state index contributed by atoms with van der Waals surface area (Å²) in [6.45, 7) is 3.24. The molecule has 0 aromatic heterocycles. The third-order valence-electron chi connectivity index (χ3n) is 3.60. The van der Waals surface area contributed by atoms with Crippen LogP contribution in [0.5, 0.6) is 0 Å². The molecule has 2 aromatic rings. The molecular formula is C17H19NO4S. The van der Waals surface area contributed by atoms with Gasteiger partial charge in [0, 0.05) is 6.54 Å². The van der Waals surface area contributed by atoms with Crippen molar-refractivity contribution in [3.05, 3.63) is 65.7 Å². The van der Waals surface area contributed by atoms with Gasteiger partial charge >= 0.3 is 5.97 Å². The molecule has 1 unspecified atom stereocenters. The van der Waals surface area contributed by atoms with E-state index in [2.05, 4.69) is 0 Å². The van der Waals surface area contributed by atoms with Crippen LogP contribution in [0.4, 0.5) is 0 Å². The van der Waals surface area contributed by atoms with Crippen LogP contribution in [0.3, 0.4) is 0 Å². The predicted octanol–water partition coefficient (Wildman–Crippen LogP) is 2.66. The fraction of sp³-hybridized carbons (Fsp3) is 0.235. The van der Waals surface area contributed by atoms with E-state index in [1.54, 1.807) is 36.4 Å². The maximum Gasteiger partial charge on any atom is 0.321 e. The van der Waals surface area contributed by atoms with Crippen molar-refractivity contribution in [2.45, 2.75) is 31.3 Å². The van der Waals surface area contributed by atoms with Gasteiger partial charge in [-0.3, -0.25) is 4.79 Å². The molecule has 23 heavy (non-hydrogen) atoms. The zero-order valence-electron chi connectivity index (χ0n) is 13.0. The molecule has 0 amide bonds. The van der Waals surface area contributed by atoms with Crippen LogP contribution >= 0.6 is 0 Å². The smallest absolute Gasteiger partial charge is 0.321 e. The minimum absolute atomic E-state index is 0.00448. The molecule has 6 heteroatoms. The summed E-state index contributed by atoms with van der Waals surface area (Å²) in [7, 11) is -3.91. The van der Waals surface area contributed by atoms with Gasteiger partial charge in [0.15, 0.2) is 0 Å². The Morgan fingerprint density at radius 1 is 1.09 bits per heavy atom. The van der Waals surface area contributed by atoms with Crippen molar-refractivity contribution >= 4 is 16.0 Å². The number of rotatable bonds is 6. The number of aryl methyl sites for hydroxylation is 1. The third-order valence-corrected chi connectivity index (χ3v) is 5.53. The molecule has 2 aromatic carbocycles. The number of aliphatic carboxylic acids is 1. The molecular weight excluding hydrogens is 314 g/mol. The van der Waals surface area contributed by atoms with Gasteiger partial charge in [0.1, 0.15) is 6.04 Å². The number of sulfonamides is 1. The van der Waals surface area contributed by atoms with Crippen LogP contribution in [0.1, 0.15) is 18.1 Å². The largest absolute Gasteiger partial charge is 0.480 e. The standard InChI is InChI=1S/C17H19NO4S/c1-13-8-10-16(11-9-13)23(21,22)18(14(2)17(19)20)12-15-6-4-3-5-7-15/h3-11,14H,12H2,1-2H3,(H,19,20). The van der Waals surface area contributed by atoms with E-state index in [-0.39, 0.29) is 11.4 Å². The number of hydrogen-bond donors (Lipinski definition) is 1. The number of benzene rings is 2. The van der Waals surface area contributed by atoms with Crippen molar-refractivity contribution < 1.29 is 18.3 Å². The molecule has 2 rings (SSSR count). The van der Waals surface area contributed by atoms with E-state index in [1.165, 1.54) is 19.1 Å². The van der Waals surface area contributed by atoms with Gasteiger partial charge < -0.3 is 5.11 Å². The zero-order chi connectivity index (χ0) is 17.0. The molecule has 0 saturated heterocycles. The highest BCUT2D eigenvalue weighted by molar-refractivity contribution is 7.89. The lowest BCUT2D eigenvalue weighted by Gasteiger charge is -2.26. The molecule has 0 aliphatic heterocycles. The normalized spacial score (nSPS) is 13.0. The summed E-state index contributed by atoms with van der Waals surface area (Å²) >= 11 is 0. The van der Waals surface area contributed by atoms with Crippen LogP contribution in [0, 0.1) is 6.92 Å². The van der Waals surface area contributed by atoms with E-state index in [9.17, 15) is 18.3 Å². The van der Waals surface area contributed by atoms with Crippen molar-refractivity contribution in [2.75, 3.05) is 0 Å². The van der Waals surface area contributed by atoms with Crippen LogP contribution < -0.4 is 0 Å². The highest BCUT2D eigenvalue weighted by atomic mass is 32.2. The lowest BCUT2D eigenvalue weighted by molar-refractivity contribution is -0.141. The molecule has 0 bridgehead atoms. The van der Waals surface area contributed by atoms with E-state index in [4.69, 9.17) is 0 Å². The van der Waals surface area contributed by atoms with Gasteiger partial charge in [-0.05, 0) is 31.5 Å². The van der Waals surface area contributed by atoms with E-state index < -0.39 is 22.0 Å². The molecule has 0 aliphatic carbocycles. The summed E-state index contributed by atoms with van der Waals surface area (Å²) in [5.41, 5.74) is 1.67. The van der Waals surface area contributed by atoms with E-state index >= 15 is 0 Å². The Morgan fingerprint density at radius 2 is 1.65 bits per heavy atom. The number of nitrogens with zero attached hydrogens (tertiary/aromatic N) is 1. The monoisotopic (exact) mass is 333 g/mol. The number of carboxylic acid groups (broad SMARTS) is 1. The molecule has 1 N–H and O–H groups in total. The minimum Gasteiger partial charge on any atom is -0.480 e.